The Morgan fingerprint density at radius 3 is 2.50 bits per heavy atom. The molecule has 3 rings (SSSR count). The Balaban J connectivity index is 1.90. The fourth-order valence-corrected chi connectivity index (χ4v) is 4.20. The van der Waals surface area contributed by atoms with Gasteiger partial charge in [0.15, 0.2) is 0 Å². The van der Waals surface area contributed by atoms with E-state index in [1.54, 1.807) is 0 Å². The number of imide groups is 1. The van der Waals surface area contributed by atoms with Gasteiger partial charge in [-0.1, -0.05) is 35.9 Å². The van der Waals surface area contributed by atoms with Gasteiger partial charge in [-0.3, -0.25) is 14.5 Å². The molecule has 1 N–H and O–H groups in total. The number of thiophene rings is 1. The standard InChI is InChI=1S/C18H17NO3S2/c1-12-4-6-13(7-5-12)11-19-17(21)15(14-3-2-9-23-14)16(18(19)22)24-10-8-20/h2-7,9,20H,8,10-11H2,1H3. The molecular weight excluding hydrogens is 342 g/mol. The number of benzene rings is 1. The summed E-state index contributed by atoms with van der Waals surface area (Å²) in [6.45, 7) is 2.22. The van der Waals surface area contributed by atoms with Crippen molar-refractivity contribution in [1.82, 2.24) is 4.90 Å². The molecule has 1 aliphatic rings. The van der Waals surface area contributed by atoms with Crippen LogP contribution in [-0.4, -0.2) is 34.2 Å². The van der Waals surface area contributed by atoms with Crippen LogP contribution < -0.4 is 0 Å². The highest BCUT2D eigenvalue weighted by molar-refractivity contribution is 8.04. The fraction of sp³-hybridized carbons (Fsp3) is 0.222. The van der Waals surface area contributed by atoms with E-state index in [2.05, 4.69) is 0 Å². The van der Waals surface area contributed by atoms with Crippen LogP contribution >= 0.6 is 23.1 Å². The van der Waals surface area contributed by atoms with Crippen LogP contribution in [0, 0.1) is 6.92 Å². The maximum Gasteiger partial charge on any atom is 0.268 e. The second kappa shape index (κ2) is 7.34. The van der Waals surface area contributed by atoms with Crippen LogP contribution in [0.25, 0.3) is 5.57 Å². The predicted molar refractivity (Wildman–Crippen MR) is 97.5 cm³/mol. The molecule has 2 heterocycles. The Morgan fingerprint density at radius 1 is 1.12 bits per heavy atom. The zero-order chi connectivity index (χ0) is 17.1. The third-order valence-electron chi connectivity index (χ3n) is 3.69. The van der Waals surface area contributed by atoms with E-state index >= 15 is 0 Å². The number of hydrogen-bond donors (Lipinski definition) is 1. The number of aliphatic hydroxyl groups is 1. The van der Waals surface area contributed by atoms with E-state index in [0.29, 0.717) is 16.2 Å². The van der Waals surface area contributed by atoms with Crippen molar-refractivity contribution in [2.45, 2.75) is 13.5 Å². The molecule has 2 aromatic rings. The average Bonchev–Trinajstić information content (AvgIpc) is 3.17. The first kappa shape index (κ1) is 17.0. The molecule has 2 amide bonds. The lowest BCUT2D eigenvalue weighted by molar-refractivity contribution is -0.137. The van der Waals surface area contributed by atoms with Gasteiger partial charge in [0, 0.05) is 10.6 Å². The molecule has 0 saturated heterocycles. The highest BCUT2D eigenvalue weighted by atomic mass is 32.2. The summed E-state index contributed by atoms with van der Waals surface area (Å²) in [5.74, 6) is -0.146. The number of aryl methyl sites for hydroxylation is 1. The van der Waals surface area contributed by atoms with Crippen molar-refractivity contribution in [3.05, 3.63) is 62.7 Å². The topological polar surface area (TPSA) is 57.6 Å². The Labute approximate surface area is 148 Å². The van der Waals surface area contributed by atoms with Gasteiger partial charge in [-0.05, 0) is 23.9 Å². The normalized spacial score (nSPS) is 14.8. The van der Waals surface area contributed by atoms with Crippen molar-refractivity contribution < 1.29 is 14.7 Å². The molecule has 0 atom stereocenters. The van der Waals surface area contributed by atoms with Crippen LogP contribution in [0.3, 0.4) is 0 Å². The van der Waals surface area contributed by atoms with Crippen molar-refractivity contribution in [2.75, 3.05) is 12.4 Å². The molecule has 6 heteroatoms. The summed E-state index contributed by atoms with van der Waals surface area (Å²) in [5.41, 5.74) is 2.51. The van der Waals surface area contributed by atoms with Gasteiger partial charge in [-0.15, -0.1) is 23.1 Å². The van der Waals surface area contributed by atoms with Gasteiger partial charge in [-0.2, -0.15) is 0 Å². The number of carbonyl (C=O) groups excluding carboxylic acids is 2. The van der Waals surface area contributed by atoms with Gasteiger partial charge in [0.05, 0.1) is 23.6 Å². The number of amides is 2. The number of hydrogen-bond acceptors (Lipinski definition) is 5. The summed E-state index contributed by atoms with van der Waals surface area (Å²) in [6.07, 6.45) is 0. The Bertz CT molecular complexity index is 779. The highest BCUT2D eigenvalue weighted by Gasteiger charge is 2.39. The molecule has 0 unspecified atom stereocenters. The van der Waals surface area contributed by atoms with E-state index in [1.807, 2.05) is 48.7 Å². The average molecular weight is 359 g/mol. The van der Waals surface area contributed by atoms with Gasteiger partial charge < -0.3 is 5.11 Å². The van der Waals surface area contributed by atoms with E-state index < -0.39 is 0 Å². The molecule has 0 fully saturated rings. The van der Waals surface area contributed by atoms with E-state index in [9.17, 15) is 9.59 Å². The quantitative estimate of drug-likeness (QED) is 0.806. The minimum Gasteiger partial charge on any atom is -0.396 e. The van der Waals surface area contributed by atoms with Gasteiger partial charge in [0.25, 0.3) is 11.8 Å². The minimum atomic E-state index is -0.276. The largest absolute Gasteiger partial charge is 0.396 e. The molecule has 1 aromatic carbocycles. The van der Waals surface area contributed by atoms with Crippen LogP contribution in [0.1, 0.15) is 16.0 Å². The monoisotopic (exact) mass is 359 g/mol. The van der Waals surface area contributed by atoms with Crippen molar-refractivity contribution in [2.24, 2.45) is 0 Å². The Kier molecular flexibility index (Phi) is 5.18. The molecule has 1 aromatic heterocycles. The minimum absolute atomic E-state index is 0.0364. The van der Waals surface area contributed by atoms with Crippen molar-refractivity contribution in [3.8, 4) is 0 Å². The van der Waals surface area contributed by atoms with E-state index in [0.717, 1.165) is 16.0 Å². The Morgan fingerprint density at radius 2 is 1.88 bits per heavy atom. The molecule has 0 spiro atoms. The first-order valence-electron chi connectivity index (χ1n) is 7.55. The van der Waals surface area contributed by atoms with Gasteiger partial charge in [0.2, 0.25) is 0 Å². The summed E-state index contributed by atoms with van der Waals surface area (Å²) in [7, 11) is 0. The van der Waals surface area contributed by atoms with Crippen LogP contribution in [0.4, 0.5) is 0 Å². The maximum absolute atomic E-state index is 12.8. The van der Waals surface area contributed by atoms with Crippen LogP contribution in [0.5, 0.6) is 0 Å². The molecule has 4 nitrogen and oxygen atoms in total. The Hall–Kier alpha value is -1.89. The summed E-state index contributed by atoms with van der Waals surface area (Å²) in [4.78, 5) is 28.1. The van der Waals surface area contributed by atoms with Crippen molar-refractivity contribution in [3.63, 3.8) is 0 Å². The molecular formula is C18H17NO3S2. The molecule has 24 heavy (non-hydrogen) atoms. The number of carbonyl (C=O) groups is 2. The number of aliphatic hydroxyl groups excluding tert-OH is 1. The van der Waals surface area contributed by atoms with E-state index in [4.69, 9.17) is 5.11 Å². The van der Waals surface area contributed by atoms with E-state index in [1.165, 1.54) is 28.0 Å². The van der Waals surface area contributed by atoms with Crippen LogP contribution in [-0.2, 0) is 16.1 Å². The van der Waals surface area contributed by atoms with Crippen molar-refractivity contribution >= 4 is 40.5 Å². The van der Waals surface area contributed by atoms with Crippen LogP contribution in [0.15, 0.2) is 46.7 Å². The summed E-state index contributed by atoms with van der Waals surface area (Å²) in [5, 5.41) is 11.0. The lowest BCUT2D eigenvalue weighted by Gasteiger charge is -2.15. The second-order valence-corrected chi connectivity index (χ2v) is 7.49. The molecule has 1 aliphatic heterocycles. The number of rotatable bonds is 6. The maximum atomic E-state index is 12.8. The van der Waals surface area contributed by atoms with Gasteiger partial charge in [-0.25, -0.2) is 0 Å². The molecule has 0 saturated carbocycles. The molecule has 0 radical (unpaired) electrons. The predicted octanol–water partition coefficient (Wildman–Crippen LogP) is 3.06. The highest BCUT2D eigenvalue weighted by Crippen LogP contribution is 2.38. The summed E-state index contributed by atoms with van der Waals surface area (Å²) < 4.78 is 0. The van der Waals surface area contributed by atoms with Crippen LogP contribution in [0.2, 0.25) is 0 Å². The number of nitrogens with zero attached hydrogens (tertiary/aromatic N) is 1. The third-order valence-corrected chi connectivity index (χ3v) is 5.63. The third kappa shape index (κ3) is 3.31. The molecule has 0 bridgehead atoms. The van der Waals surface area contributed by atoms with E-state index in [-0.39, 0.29) is 25.0 Å². The lowest BCUT2D eigenvalue weighted by atomic mass is 10.1. The number of thioether (sulfide) groups is 1. The van der Waals surface area contributed by atoms with Gasteiger partial charge >= 0.3 is 0 Å². The zero-order valence-corrected chi connectivity index (χ0v) is 14.8. The lowest BCUT2D eigenvalue weighted by Crippen LogP contribution is -2.30. The van der Waals surface area contributed by atoms with Gasteiger partial charge in [0.1, 0.15) is 0 Å². The summed E-state index contributed by atoms with van der Waals surface area (Å²) in [6, 6.07) is 11.5. The summed E-state index contributed by atoms with van der Waals surface area (Å²) >= 11 is 2.68. The zero-order valence-electron chi connectivity index (χ0n) is 13.2. The smallest absolute Gasteiger partial charge is 0.268 e. The molecule has 0 aliphatic carbocycles. The first-order valence-corrected chi connectivity index (χ1v) is 9.42. The second-order valence-electron chi connectivity index (χ2n) is 5.44. The first-order chi connectivity index (χ1) is 11.6. The van der Waals surface area contributed by atoms with Crippen molar-refractivity contribution in [1.29, 1.82) is 0 Å². The fourth-order valence-electron chi connectivity index (χ4n) is 2.49. The SMILES string of the molecule is Cc1ccc(CN2C(=O)C(SCCO)=C(c3cccs3)C2=O)cc1. The molecule has 124 valence electrons.